The smallest absolute Gasteiger partial charge is 0.240 e. The van der Waals surface area contributed by atoms with Gasteiger partial charge < -0.3 is 21.3 Å². The summed E-state index contributed by atoms with van der Waals surface area (Å²) >= 11 is 0. The normalized spacial score (nSPS) is 40.8. The first-order valence-electron chi connectivity index (χ1n) is 13.4. The van der Waals surface area contributed by atoms with E-state index >= 15 is 4.39 Å². The number of piperazine rings is 1. The number of carbonyl (C=O) groups is 2. The molecule has 5 aliphatic heterocycles. The van der Waals surface area contributed by atoms with Crippen molar-refractivity contribution in [3.63, 3.8) is 0 Å². The average Bonchev–Trinajstić information content (AvgIpc) is 3.47. The SMILES string of the molecule is CCN1CCCC1C(=O)N1CCN(C2C(F)CNCC2NC(=O)C2C(N)NN3CC(F)CNC23)CC1. The van der Waals surface area contributed by atoms with Crippen molar-refractivity contribution in [1.29, 1.82) is 0 Å². The van der Waals surface area contributed by atoms with E-state index in [0.717, 1.165) is 25.9 Å². The number of hydrogen-bond acceptors (Lipinski definition) is 9. The lowest BCUT2D eigenvalue weighted by Gasteiger charge is -2.46. The number of fused-ring (bicyclic) bond motifs is 1. The number of halogens is 2. The van der Waals surface area contributed by atoms with Crippen LogP contribution in [0.4, 0.5) is 8.78 Å². The second-order valence-corrected chi connectivity index (χ2v) is 10.7. The molecule has 2 amide bonds. The highest BCUT2D eigenvalue weighted by molar-refractivity contribution is 5.82. The maximum atomic E-state index is 15.3. The zero-order valence-corrected chi connectivity index (χ0v) is 21.0. The Hall–Kier alpha value is -1.48. The van der Waals surface area contributed by atoms with Gasteiger partial charge in [-0.25, -0.2) is 19.2 Å². The largest absolute Gasteiger partial charge is 0.350 e. The molecule has 13 heteroatoms. The molecule has 0 bridgehead atoms. The third-order valence-electron chi connectivity index (χ3n) is 8.54. The zero-order valence-electron chi connectivity index (χ0n) is 21.0. The van der Waals surface area contributed by atoms with Gasteiger partial charge in [0.2, 0.25) is 11.8 Å². The summed E-state index contributed by atoms with van der Waals surface area (Å²) in [5.74, 6) is -0.711. The van der Waals surface area contributed by atoms with E-state index < -0.39 is 42.7 Å². The van der Waals surface area contributed by atoms with Crippen molar-refractivity contribution in [2.75, 3.05) is 65.4 Å². The molecule has 5 saturated heterocycles. The van der Waals surface area contributed by atoms with Crippen molar-refractivity contribution < 1.29 is 18.4 Å². The Kier molecular flexibility index (Phi) is 8.06. The van der Waals surface area contributed by atoms with E-state index in [9.17, 15) is 14.0 Å². The predicted molar refractivity (Wildman–Crippen MR) is 130 cm³/mol. The number of rotatable bonds is 5. The minimum absolute atomic E-state index is 0.0359. The topological polar surface area (TPSA) is 121 Å². The standard InChI is InChI=1S/C23H41F2N9O2/c1-2-31-5-3-4-17(31)23(36)33-8-6-32(7-9-33)19-15(25)11-27-12-16(19)29-22(35)18-20(26)30-34-13-14(24)10-28-21(18)34/h14-21,27-28,30H,2-13,26H2,1H3,(H,29,35). The zero-order chi connectivity index (χ0) is 25.4. The van der Waals surface area contributed by atoms with Crippen molar-refractivity contribution in [3.05, 3.63) is 0 Å². The summed E-state index contributed by atoms with van der Waals surface area (Å²) in [6, 6.07) is -0.957. The van der Waals surface area contributed by atoms with Crippen LogP contribution in [0.15, 0.2) is 0 Å². The van der Waals surface area contributed by atoms with Crippen LogP contribution in [0.5, 0.6) is 0 Å². The van der Waals surface area contributed by atoms with Gasteiger partial charge in [0.25, 0.3) is 0 Å². The van der Waals surface area contributed by atoms with Crippen molar-refractivity contribution in [3.8, 4) is 0 Å². The lowest BCUT2D eigenvalue weighted by atomic mass is 9.94. The number of hydrogen-bond donors (Lipinski definition) is 5. The summed E-state index contributed by atoms with van der Waals surface area (Å²) in [4.78, 5) is 32.7. The quantitative estimate of drug-likeness (QED) is 0.269. The number of likely N-dealkylation sites (N-methyl/N-ethyl adjacent to an activating group) is 1. The van der Waals surface area contributed by atoms with E-state index in [1.54, 1.807) is 5.01 Å². The van der Waals surface area contributed by atoms with Gasteiger partial charge in [-0.15, -0.1) is 0 Å². The van der Waals surface area contributed by atoms with Crippen molar-refractivity contribution >= 4 is 11.8 Å². The first-order chi connectivity index (χ1) is 17.4. The molecule has 11 nitrogen and oxygen atoms in total. The van der Waals surface area contributed by atoms with Gasteiger partial charge in [-0.05, 0) is 25.9 Å². The van der Waals surface area contributed by atoms with Gasteiger partial charge in [0.05, 0.1) is 36.4 Å². The fraction of sp³-hybridized carbons (Fsp3) is 0.913. The summed E-state index contributed by atoms with van der Waals surface area (Å²) in [5, 5.41) is 10.9. The molecule has 0 aromatic heterocycles. The summed E-state index contributed by atoms with van der Waals surface area (Å²) < 4.78 is 29.0. The minimum Gasteiger partial charge on any atom is -0.350 e. The Labute approximate surface area is 211 Å². The van der Waals surface area contributed by atoms with Gasteiger partial charge >= 0.3 is 0 Å². The third kappa shape index (κ3) is 5.11. The molecule has 6 N–H and O–H groups in total. The van der Waals surface area contributed by atoms with Gasteiger partial charge in [0.1, 0.15) is 12.3 Å². The second kappa shape index (κ2) is 11.1. The lowest BCUT2D eigenvalue weighted by Crippen LogP contribution is -2.68. The third-order valence-corrected chi connectivity index (χ3v) is 8.54. The molecule has 0 aliphatic carbocycles. The Bertz CT molecular complexity index is 802. The molecular weight excluding hydrogens is 472 g/mol. The highest BCUT2D eigenvalue weighted by Crippen LogP contribution is 2.25. The van der Waals surface area contributed by atoms with Crippen molar-refractivity contribution in [2.24, 2.45) is 11.7 Å². The maximum Gasteiger partial charge on any atom is 0.240 e. The Morgan fingerprint density at radius 2 is 1.86 bits per heavy atom. The minimum atomic E-state index is -1.15. The Morgan fingerprint density at radius 1 is 1.08 bits per heavy atom. The van der Waals surface area contributed by atoms with Gasteiger partial charge in [-0.3, -0.25) is 24.7 Å². The molecule has 5 rings (SSSR count). The number of nitrogens with two attached hydrogens (primary N) is 1. The van der Waals surface area contributed by atoms with Crippen LogP contribution in [0.3, 0.4) is 0 Å². The summed E-state index contributed by atoms with van der Waals surface area (Å²) in [7, 11) is 0. The number of hydrazine groups is 1. The number of amides is 2. The van der Waals surface area contributed by atoms with Crippen molar-refractivity contribution in [1.82, 2.24) is 41.1 Å². The molecule has 0 spiro atoms. The molecule has 0 radical (unpaired) electrons. The Morgan fingerprint density at radius 3 is 2.61 bits per heavy atom. The number of nitrogens with zero attached hydrogens (tertiary/aromatic N) is 4. The van der Waals surface area contributed by atoms with Crippen LogP contribution in [0.25, 0.3) is 0 Å². The van der Waals surface area contributed by atoms with Crippen LogP contribution in [-0.4, -0.2) is 140 Å². The molecule has 204 valence electrons. The lowest BCUT2D eigenvalue weighted by molar-refractivity contribution is -0.138. The molecular formula is C23H41F2N9O2. The Balaban J connectivity index is 1.20. The van der Waals surface area contributed by atoms with E-state index in [0.29, 0.717) is 32.7 Å². The van der Waals surface area contributed by atoms with Crippen LogP contribution in [0, 0.1) is 5.92 Å². The van der Waals surface area contributed by atoms with Gasteiger partial charge in [-0.1, -0.05) is 6.92 Å². The van der Waals surface area contributed by atoms with Crippen LogP contribution in [0.1, 0.15) is 19.8 Å². The van der Waals surface area contributed by atoms with Crippen LogP contribution >= 0.6 is 0 Å². The van der Waals surface area contributed by atoms with Crippen LogP contribution in [-0.2, 0) is 9.59 Å². The van der Waals surface area contributed by atoms with Gasteiger partial charge in [0.15, 0.2) is 0 Å². The molecule has 8 unspecified atom stereocenters. The summed E-state index contributed by atoms with van der Waals surface area (Å²) in [6.45, 7) is 7.20. The fourth-order valence-electron chi connectivity index (χ4n) is 6.68. The number of piperidine rings is 1. The molecule has 0 aromatic carbocycles. The van der Waals surface area contributed by atoms with Crippen molar-refractivity contribution in [2.45, 2.75) is 62.6 Å². The average molecular weight is 514 g/mol. The van der Waals surface area contributed by atoms with Gasteiger partial charge in [0, 0.05) is 52.4 Å². The monoisotopic (exact) mass is 513 g/mol. The van der Waals surface area contributed by atoms with E-state index in [2.05, 4.69) is 38.1 Å². The fourth-order valence-corrected chi connectivity index (χ4v) is 6.68. The number of nitrogens with one attached hydrogen (secondary N) is 4. The van der Waals surface area contributed by atoms with Crippen LogP contribution < -0.4 is 27.1 Å². The highest BCUT2D eigenvalue weighted by atomic mass is 19.1. The van der Waals surface area contributed by atoms with E-state index in [1.807, 2.05) is 4.90 Å². The molecule has 8 atom stereocenters. The number of carbonyl (C=O) groups excluding carboxylic acids is 2. The number of alkyl halides is 2. The highest BCUT2D eigenvalue weighted by Gasteiger charge is 2.49. The first kappa shape index (κ1) is 26.1. The summed E-state index contributed by atoms with van der Waals surface area (Å²) in [5.41, 5.74) is 9.18. The molecule has 5 aliphatic rings. The van der Waals surface area contributed by atoms with Gasteiger partial charge in [-0.2, -0.15) is 0 Å². The molecule has 0 aromatic rings. The molecule has 0 saturated carbocycles. The summed E-state index contributed by atoms with van der Waals surface area (Å²) in [6.07, 6.45) is -1.30. The molecule has 5 heterocycles. The maximum absolute atomic E-state index is 15.3. The number of likely N-dealkylation sites (tertiary alicyclic amines) is 1. The van der Waals surface area contributed by atoms with E-state index in [-0.39, 0.29) is 37.5 Å². The van der Waals surface area contributed by atoms with E-state index in [1.165, 1.54) is 0 Å². The molecule has 5 fully saturated rings. The predicted octanol–water partition coefficient (Wildman–Crippen LogP) is -2.60. The van der Waals surface area contributed by atoms with Crippen LogP contribution in [0.2, 0.25) is 0 Å². The second-order valence-electron chi connectivity index (χ2n) is 10.7. The first-order valence-corrected chi connectivity index (χ1v) is 13.4. The molecule has 36 heavy (non-hydrogen) atoms. The van der Waals surface area contributed by atoms with E-state index in [4.69, 9.17) is 5.73 Å².